The van der Waals surface area contributed by atoms with Crippen LogP contribution < -0.4 is 0 Å². The van der Waals surface area contributed by atoms with Gasteiger partial charge in [0.2, 0.25) is 0 Å². The molecule has 0 saturated heterocycles. The summed E-state index contributed by atoms with van der Waals surface area (Å²) in [6.45, 7) is 2.02. The molecule has 86 valence electrons. The number of aryl methyl sites for hydroxylation is 1. The predicted octanol–water partition coefficient (Wildman–Crippen LogP) is 2.68. The molecule has 0 radical (unpaired) electrons. The van der Waals surface area contributed by atoms with Crippen molar-refractivity contribution < 1.29 is 9.90 Å². The Balaban J connectivity index is 2.30. The number of carbonyl (C=O) groups is 1. The van der Waals surface area contributed by atoms with E-state index < -0.39 is 5.97 Å². The third kappa shape index (κ3) is 2.69. The second kappa shape index (κ2) is 4.78. The fraction of sp³-hybridized carbons (Fsp3) is 0.143. The highest BCUT2D eigenvalue weighted by Crippen LogP contribution is 2.12. The van der Waals surface area contributed by atoms with E-state index in [1.165, 1.54) is 5.56 Å². The average Bonchev–Trinajstić information content (AvgIpc) is 2.32. The molecule has 0 aliphatic carbocycles. The van der Waals surface area contributed by atoms with Gasteiger partial charge in [0.1, 0.15) is 0 Å². The first-order valence-electron chi connectivity index (χ1n) is 5.39. The van der Waals surface area contributed by atoms with Crippen LogP contribution in [0.4, 0.5) is 0 Å². The molecule has 3 nitrogen and oxygen atoms in total. The summed E-state index contributed by atoms with van der Waals surface area (Å²) in [7, 11) is 0. The molecule has 0 amide bonds. The lowest BCUT2D eigenvalue weighted by Crippen LogP contribution is -2.05. The molecule has 1 aromatic carbocycles. The number of benzene rings is 1. The van der Waals surface area contributed by atoms with Crippen LogP contribution in [0, 0.1) is 6.92 Å². The second-order valence-electron chi connectivity index (χ2n) is 3.97. The lowest BCUT2D eigenvalue weighted by molar-refractivity contribution is 0.0695. The topological polar surface area (TPSA) is 50.2 Å². The highest BCUT2D eigenvalue weighted by molar-refractivity contribution is 5.88. The molecule has 0 aliphatic rings. The van der Waals surface area contributed by atoms with Crippen molar-refractivity contribution in [3.8, 4) is 0 Å². The normalized spacial score (nSPS) is 10.2. The first-order valence-corrected chi connectivity index (χ1v) is 5.39. The number of aromatic nitrogens is 1. The molecular weight excluding hydrogens is 214 g/mol. The molecule has 0 aliphatic heterocycles. The average molecular weight is 227 g/mol. The Bertz CT molecular complexity index is 532. The van der Waals surface area contributed by atoms with E-state index >= 15 is 0 Å². The van der Waals surface area contributed by atoms with Gasteiger partial charge in [0.25, 0.3) is 0 Å². The summed E-state index contributed by atoms with van der Waals surface area (Å²) in [4.78, 5) is 15.2. The molecule has 0 spiro atoms. The van der Waals surface area contributed by atoms with Crippen LogP contribution in [0.25, 0.3) is 0 Å². The Labute approximate surface area is 99.8 Å². The molecule has 1 aromatic heterocycles. The molecule has 1 heterocycles. The van der Waals surface area contributed by atoms with Crippen LogP contribution in [0.3, 0.4) is 0 Å². The van der Waals surface area contributed by atoms with Crippen LogP contribution in [-0.4, -0.2) is 16.1 Å². The molecular formula is C14H13NO2. The van der Waals surface area contributed by atoms with Gasteiger partial charge in [-0.3, -0.25) is 4.98 Å². The third-order valence-electron chi connectivity index (χ3n) is 2.61. The van der Waals surface area contributed by atoms with Gasteiger partial charge in [-0.05, 0) is 24.6 Å². The van der Waals surface area contributed by atoms with Crippen molar-refractivity contribution in [3.63, 3.8) is 0 Å². The minimum atomic E-state index is -0.930. The minimum Gasteiger partial charge on any atom is -0.478 e. The van der Waals surface area contributed by atoms with Gasteiger partial charge in [-0.15, -0.1) is 0 Å². The van der Waals surface area contributed by atoms with Crippen LogP contribution in [0.1, 0.15) is 27.2 Å². The van der Waals surface area contributed by atoms with Crippen LogP contribution in [-0.2, 0) is 6.42 Å². The van der Waals surface area contributed by atoms with Gasteiger partial charge in [-0.1, -0.05) is 29.8 Å². The highest BCUT2D eigenvalue weighted by atomic mass is 16.4. The highest BCUT2D eigenvalue weighted by Gasteiger charge is 2.10. The molecule has 3 heteroatoms. The Morgan fingerprint density at radius 2 is 1.94 bits per heavy atom. The SMILES string of the molecule is Cc1ccc(Cc2ncccc2C(=O)O)cc1. The standard InChI is InChI=1S/C14H13NO2/c1-10-4-6-11(7-5-10)9-13-12(14(16)17)3-2-8-15-13/h2-8H,9H2,1H3,(H,16,17). The molecule has 0 unspecified atom stereocenters. The number of nitrogens with zero attached hydrogens (tertiary/aromatic N) is 1. The van der Waals surface area contributed by atoms with Gasteiger partial charge in [0.15, 0.2) is 0 Å². The summed E-state index contributed by atoms with van der Waals surface area (Å²) in [6.07, 6.45) is 2.17. The van der Waals surface area contributed by atoms with Gasteiger partial charge >= 0.3 is 5.97 Å². The number of aromatic carboxylic acids is 1. The van der Waals surface area contributed by atoms with E-state index in [-0.39, 0.29) is 5.56 Å². The lowest BCUT2D eigenvalue weighted by atomic mass is 10.0. The fourth-order valence-corrected chi connectivity index (χ4v) is 1.67. The van der Waals surface area contributed by atoms with Gasteiger partial charge < -0.3 is 5.11 Å². The maximum absolute atomic E-state index is 11.0. The zero-order chi connectivity index (χ0) is 12.3. The number of pyridine rings is 1. The summed E-state index contributed by atoms with van der Waals surface area (Å²) >= 11 is 0. The molecule has 2 rings (SSSR count). The first-order chi connectivity index (χ1) is 8.16. The van der Waals surface area contributed by atoms with E-state index in [0.29, 0.717) is 12.1 Å². The summed E-state index contributed by atoms with van der Waals surface area (Å²) in [5.74, 6) is -0.930. The Morgan fingerprint density at radius 3 is 2.59 bits per heavy atom. The Kier molecular flexibility index (Phi) is 3.19. The van der Waals surface area contributed by atoms with E-state index in [9.17, 15) is 4.79 Å². The van der Waals surface area contributed by atoms with E-state index in [0.717, 1.165) is 5.56 Å². The van der Waals surface area contributed by atoms with Crippen molar-refractivity contribution in [1.29, 1.82) is 0 Å². The van der Waals surface area contributed by atoms with Crippen LogP contribution in [0.5, 0.6) is 0 Å². The molecule has 0 fully saturated rings. The molecule has 0 atom stereocenters. The first kappa shape index (κ1) is 11.3. The second-order valence-corrected chi connectivity index (χ2v) is 3.97. The van der Waals surface area contributed by atoms with Crippen LogP contribution in [0.15, 0.2) is 42.6 Å². The van der Waals surface area contributed by atoms with Gasteiger partial charge in [0, 0.05) is 12.6 Å². The fourth-order valence-electron chi connectivity index (χ4n) is 1.67. The lowest BCUT2D eigenvalue weighted by Gasteiger charge is -2.05. The number of hydrogen-bond donors (Lipinski definition) is 1. The van der Waals surface area contributed by atoms with Crippen molar-refractivity contribution in [2.45, 2.75) is 13.3 Å². The number of carboxylic acid groups (broad SMARTS) is 1. The molecule has 1 N–H and O–H groups in total. The van der Waals surface area contributed by atoms with Crippen LogP contribution >= 0.6 is 0 Å². The van der Waals surface area contributed by atoms with Gasteiger partial charge in [-0.2, -0.15) is 0 Å². The number of rotatable bonds is 3. The molecule has 0 bridgehead atoms. The van der Waals surface area contributed by atoms with E-state index in [1.807, 2.05) is 31.2 Å². The monoisotopic (exact) mass is 227 g/mol. The summed E-state index contributed by atoms with van der Waals surface area (Å²) in [5, 5.41) is 9.05. The maximum Gasteiger partial charge on any atom is 0.337 e. The minimum absolute atomic E-state index is 0.271. The van der Waals surface area contributed by atoms with Crippen molar-refractivity contribution in [2.75, 3.05) is 0 Å². The van der Waals surface area contributed by atoms with Crippen molar-refractivity contribution in [3.05, 3.63) is 65.0 Å². The van der Waals surface area contributed by atoms with Gasteiger partial charge in [0.05, 0.1) is 11.3 Å². The molecule has 2 aromatic rings. The van der Waals surface area contributed by atoms with Crippen LogP contribution in [0.2, 0.25) is 0 Å². The third-order valence-corrected chi connectivity index (χ3v) is 2.61. The summed E-state index contributed by atoms with van der Waals surface area (Å²) in [5.41, 5.74) is 3.13. The number of hydrogen-bond acceptors (Lipinski definition) is 2. The summed E-state index contributed by atoms with van der Waals surface area (Å²) < 4.78 is 0. The maximum atomic E-state index is 11.0. The van der Waals surface area contributed by atoms with E-state index in [1.54, 1.807) is 18.3 Å². The summed E-state index contributed by atoms with van der Waals surface area (Å²) in [6, 6.07) is 11.2. The molecule has 0 saturated carbocycles. The Morgan fingerprint density at radius 1 is 1.24 bits per heavy atom. The smallest absolute Gasteiger partial charge is 0.337 e. The van der Waals surface area contributed by atoms with Crippen molar-refractivity contribution in [2.24, 2.45) is 0 Å². The van der Waals surface area contributed by atoms with E-state index in [2.05, 4.69) is 4.98 Å². The zero-order valence-electron chi connectivity index (χ0n) is 9.55. The predicted molar refractivity (Wildman–Crippen MR) is 65.2 cm³/mol. The van der Waals surface area contributed by atoms with Gasteiger partial charge in [-0.25, -0.2) is 4.79 Å². The quantitative estimate of drug-likeness (QED) is 0.877. The van der Waals surface area contributed by atoms with Crippen molar-refractivity contribution >= 4 is 5.97 Å². The largest absolute Gasteiger partial charge is 0.478 e. The zero-order valence-corrected chi connectivity index (χ0v) is 9.55. The van der Waals surface area contributed by atoms with E-state index in [4.69, 9.17) is 5.11 Å². The Hall–Kier alpha value is -2.16. The number of carboxylic acids is 1. The molecule has 17 heavy (non-hydrogen) atoms. The van der Waals surface area contributed by atoms with Crippen molar-refractivity contribution in [1.82, 2.24) is 4.98 Å².